The smallest absolute Gasteiger partial charge is 0.0620 e. The molecule has 0 saturated heterocycles. The molecule has 0 atom stereocenters. The first kappa shape index (κ1) is 29.7. The molecule has 0 N–H and O–H groups in total. The highest BCUT2D eigenvalue weighted by Gasteiger charge is 2.21. The van der Waals surface area contributed by atoms with Crippen molar-refractivity contribution in [2.75, 3.05) is 0 Å². The second-order valence-corrected chi connectivity index (χ2v) is 14.0. The van der Waals surface area contributed by atoms with Crippen LogP contribution in [0, 0.1) is 0 Å². The molecule has 0 bridgehead atoms. The molecule has 0 radical (unpaired) electrons. The molecule has 246 valence electrons. The number of benzene rings is 10. The third-order valence-electron chi connectivity index (χ3n) is 11.1. The Morgan fingerprint density at radius 1 is 0.264 bits per heavy atom. The molecular formula is C52H33N. The minimum atomic E-state index is 1.15. The largest absolute Gasteiger partial charge is 0.308 e. The fraction of sp³-hybridized carbons (Fsp3) is 0. The number of nitrogens with zero attached hydrogens (tertiary/aromatic N) is 1. The lowest BCUT2D eigenvalue weighted by atomic mass is 9.86. The van der Waals surface area contributed by atoms with Crippen molar-refractivity contribution in [1.82, 2.24) is 4.57 Å². The van der Waals surface area contributed by atoms with Crippen LogP contribution in [-0.4, -0.2) is 4.57 Å². The average molecular weight is 672 g/mol. The second-order valence-electron chi connectivity index (χ2n) is 14.0. The van der Waals surface area contributed by atoms with Gasteiger partial charge in [-0.3, -0.25) is 0 Å². The number of rotatable bonds is 4. The van der Waals surface area contributed by atoms with E-state index in [-0.39, 0.29) is 0 Å². The third-order valence-corrected chi connectivity index (χ3v) is 11.1. The van der Waals surface area contributed by atoms with Crippen molar-refractivity contribution in [3.05, 3.63) is 200 Å². The van der Waals surface area contributed by atoms with Crippen molar-refractivity contribution in [3.63, 3.8) is 0 Å². The minimum Gasteiger partial charge on any atom is -0.308 e. The fourth-order valence-electron chi connectivity index (χ4n) is 8.90. The number of fused-ring (bicyclic) bond motifs is 9. The third kappa shape index (κ3) is 4.51. The van der Waals surface area contributed by atoms with E-state index in [0.29, 0.717) is 0 Å². The van der Waals surface area contributed by atoms with Crippen LogP contribution in [0.3, 0.4) is 0 Å². The Balaban J connectivity index is 1.26. The van der Waals surface area contributed by atoms with Crippen LogP contribution in [-0.2, 0) is 0 Å². The lowest BCUT2D eigenvalue weighted by molar-refractivity contribution is 1.19. The molecule has 1 aromatic heterocycles. The SMILES string of the molecule is c1ccc(-c2c3ccccc3c(-c3cccc(-n4c5c6ccccc6ccc5c5cc(-c6ccccc6)c6ccccc6c54)c3)c3ccccc23)cc1. The Bertz CT molecular complexity index is 3150. The first-order valence-corrected chi connectivity index (χ1v) is 18.4. The summed E-state index contributed by atoms with van der Waals surface area (Å²) in [5, 5.41) is 12.6. The summed E-state index contributed by atoms with van der Waals surface area (Å²) < 4.78 is 2.54. The molecule has 1 heteroatoms. The van der Waals surface area contributed by atoms with Gasteiger partial charge in [0.2, 0.25) is 0 Å². The monoisotopic (exact) mass is 671 g/mol. The molecule has 10 aromatic carbocycles. The molecule has 11 rings (SSSR count). The maximum atomic E-state index is 2.54. The predicted molar refractivity (Wildman–Crippen MR) is 227 cm³/mol. The summed E-state index contributed by atoms with van der Waals surface area (Å²) in [6, 6.07) is 73.5. The van der Waals surface area contributed by atoms with E-state index in [1.807, 2.05) is 0 Å². The van der Waals surface area contributed by atoms with E-state index >= 15 is 0 Å². The summed E-state index contributed by atoms with van der Waals surface area (Å²) in [5.41, 5.74) is 11.1. The van der Waals surface area contributed by atoms with Gasteiger partial charge in [0.1, 0.15) is 0 Å². The van der Waals surface area contributed by atoms with Gasteiger partial charge in [-0.1, -0.05) is 182 Å². The van der Waals surface area contributed by atoms with E-state index in [2.05, 4.69) is 205 Å². The highest BCUT2D eigenvalue weighted by atomic mass is 15.0. The lowest BCUT2D eigenvalue weighted by Crippen LogP contribution is -1.97. The van der Waals surface area contributed by atoms with Crippen LogP contribution in [0.25, 0.3) is 104 Å². The molecule has 1 nitrogen and oxygen atoms in total. The van der Waals surface area contributed by atoms with Crippen molar-refractivity contribution in [2.45, 2.75) is 0 Å². The molecule has 53 heavy (non-hydrogen) atoms. The van der Waals surface area contributed by atoms with Gasteiger partial charge in [-0.15, -0.1) is 0 Å². The molecule has 1 heterocycles. The first-order valence-electron chi connectivity index (χ1n) is 18.4. The standard InChI is InChI=1S/C52H33N/c1-3-16-34(17-4-1)47-33-48-46-31-30-35-18-7-8-23-39(35)51(46)53(52(48)45-29-14-9-24-40(45)47)38-22-15-21-37(32-38)50-43-27-12-10-25-41(43)49(36-19-5-2-6-20-36)42-26-11-13-28-44(42)50/h1-33H. The Labute approximate surface area is 307 Å². The molecular weight excluding hydrogens is 639 g/mol. The summed E-state index contributed by atoms with van der Waals surface area (Å²) in [5.74, 6) is 0. The van der Waals surface area contributed by atoms with E-state index in [4.69, 9.17) is 0 Å². The van der Waals surface area contributed by atoms with E-state index in [9.17, 15) is 0 Å². The van der Waals surface area contributed by atoms with Gasteiger partial charge >= 0.3 is 0 Å². The molecule has 11 aromatic rings. The molecule has 0 saturated carbocycles. The predicted octanol–water partition coefficient (Wildman–Crippen LogP) is 14.4. The van der Waals surface area contributed by atoms with E-state index in [1.165, 1.54) is 98.3 Å². The Hall–Kier alpha value is -6.96. The maximum absolute atomic E-state index is 2.54. The summed E-state index contributed by atoms with van der Waals surface area (Å²) in [4.78, 5) is 0. The van der Waals surface area contributed by atoms with Crippen LogP contribution in [0.5, 0.6) is 0 Å². The van der Waals surface area contributed by atoms with Gasteiger partial charge in [-0.2, -0.15) is 0 Å². The van der Waals surface area contributed by atoms with Crippen molar-refractivity contribution in [1.29, 1.82) is 0 Å². The topological polar surface area (TPSA) is 4.93 Å². The number of hydrogen-bond acceptors (Lipinski definition) is 0. The van der Waals surface area contributed by atoms with Crippen LogP contribution in [0.2, 0.25) is 0 Å². The Kier molecular flexibility index (Phi) is 6.62. The van der Waals surface area contributed by atoms with E-state index in [0.717, 1.165) is 5.69 Å². The molecule has 0 spiro atoms. The van der Waals surface area contributed by atoms with Crippen molar-refractivity contribution >= 4 is 64.9 Å². The van der Waals surface area contributed by atoms with Gasteiger partial charge in [0.05, 0.1) is 11.0 Å². The second kappa shape index (κ2) is 11.8. The molecule has 0 fully saturated rings. The summed E-state index contributed by atoms with van der Waals surface area (Å²) in [6.07, 6.45) is 0. The molecule has 0 amide bonds. The highest BCUT2D eigenvalue weighted by molar-refractivity contribution is 6.26. The van der Waals surface area contributed by atoms with Gasteiger partial charge in [-0.05, 0) is 83.9 Å². The van der Waals surface area contributed by atoms with Gasteiger partial charge in [0.15, 0.2) is 0 Å². The van der Waals surface area contributed by atoms with Crippen LogP contribution >= 0.6 is 0 Å². The van der Waals surface area contributed by atoms with Crippen molar-refractivity contribution in [3.8, 4) is 39.1 Å². The minimum absolute atomic E-state index is 1.15. The van der Waals surface area contributed by atoms with Gasteiger partial charge in [-0.25, -0.2) is 0 Å². The van der Waals surface area contributed by atoms with Crippen LogP contribution < -0.4 is 0 Å². The summed E-state index contributed by atoms with van der Waals surface area (Å²) in [6.45, 7) is 0. The van der Waals surface area contributed by atoms with Crippen LogP contribution in [0.4, 0.5) is 0 Å². The normalized spacial score (nSPS) is 11.8. The zero-order chi connectivity index (χ0) is 34.9. The van der Waals surface area contributed by atoms with Crippen molar-refractivity contribution < 1.29 is 0 Å². The zero-order valence-electron chi connectivity index (χ0n) is 29.0. The maximum Gasteiger partial charge on any atom is 0.0620 e. The number of hydrogen-bond donors (Lipinski definition) is 0. The molecule has 0 aliphatic carbocycles. The first-order chi connectivity index (χ1) is 26.3. The lowest BCUT2D eigenvalue weighted by Gasteiger charge is -2.19. The summed E-state index contributed by atoms with van der Waals surface area (Å²) >= 11 is 0. The van der Waals surface area contributed by atoms with Crippen LogP contribution in [0.15, 0.2) is 200 Å². The number of aromatic nitrogens is 1. The molecule has 0 aliphatic heterocycles. The fourth-order valence-corrected chi connectivity index (χ4v) is 8.90. The Morgan fingerprint density at radius 3 is 1.40 bits per heavy atom. The Morgan fingerprint density at radius 2 is 0.736 bits per heavy atom. The highest BCUT2D eigenvalue weighted by Crippen LogP contribution is 2.46. The molecule has 0 aliphatic rings. The van der Waals surface area contributed by atoms with Crippen LogP contribution in [0.1, 0.15) is 0 Å². The summed E-state index contributed by atoms with van der Waals surface area (Å²) in [7, 11) is 0. The van der Waals surface area contributed by atoms with Gasteiger partial charge in [0.25, 0.3) is 0 Å². The van der Waals surface area contributed by atoms with Crippen molar-refractivity contribution in [2.24, 2.45) is 0 Å². The van der Waals surface area contributed by atoms with E-state index < -0.39 is 0 Å². The molecule has 0 unspecified atom stereocenters. The quantitative estimate of drug-likeness (QED) is 0.164. The average Bonchev–Trinajstić information content (AvgIpc) is 3.58. The van der Waals surface area contributed by atoms with Gasteiger partial charge in [0, 0.05) is 27.2 Å². The van der Waals surface area contributed by atoms with Gasteiger partial charge < -0.3 is 4.57 Å². The van der Waals surface area contributed by atoms with E-state index in [1.54, 1.807) is 0 Å². The zero-order valence-corrected chi connectivity index (χ0v) is 29.0.